The van der Waals surface area contributed by atoms with Crippen LogP contribution in [0.5, 0.6) is 0 Å². The molecule has 1 aromatic carbocycles. The van der Waals surface area contributed by atoms with E-state index in [1.165, 1.54) is 0 Å². The van der Waals surface area contributed by atoms with Crippen LogP contribution in [0.2, 0.25) is 0 Å². The number of hydrogen-bond acceptors (Lipinski definition) is 3. The van der Waals surface area contributed by atoms with Crippen molar-refractivity contribution in [2.75, 3.05) is 18.4 Å². The molecule has 110 valence electrons. The first-order chi connectivity index (χ1) is 10.1. The van der Waals surface area contributed by atoms with Crippen molar-refractivity contribution >= 4 is 46.1 Å². The third kappa shape index (κ3) is 2.74. The molecule has 2 fully saturated rings. The smallest absolute Gasteiger partial charge is 0.325 e. The molecule has 21 heavy (non-hydrogen) atoms. The average Bonchev–Trinajstić information content (AvgIpc) is 3.02. The maximum absolute atomic E-state index is 12.1. The van der Waals surface area contributed by atoms with Crippen LogP contribution in [0, 0.1) is 3.57 Å². The highest BCUT2D eigenvalue weighted by atomic mass is 127. The van der Waals surface area contributed by atoms with Crippen LogP contribution in [0.25, 0.3) is 0 Å². The monoisotopic (exact) mass is 399 g/mol. The lowest BCUT2D eigenvalue weighted by Gasteiger charge is -2.15. The Bertz CT molecular complexity index is 580. The quantitative estimate of drug-likeness (QED) is 0.621. The van der Waals surface area contributed by atoms with Crippen molar-refractivity contribution in [1.29, 1.82) is 0 Å². The Hall–Kier alpha value is -1.64. The highest BCUT2D eigenvalue weighted by Crippen LogP contribution is 2.27. The molecule has 1 unspecified atom stereocenters. The summed E-state index contributed by atoms with van der Waals surface area (Å²) in [5.74, 6) is -0.616. The van der Waals surface area contributed by atoms with Gasteiger partial charge in [0.05, 0.1) is 0 Å². The molecule has 0 aliphatic carbocycles. The van der Waals surface area contributed by atoms with Gasteiger partial charge in [0, 0.05) is 15.8 Å². The van der Waals surface area contributed by atoms with Crippen molar-refractivity contribution in [3.63, 3.8) is 0 Å². The fourth-order valence-corrected chi connectivity index (χ4v) is 3.06. The first-order valence-corrected chi connectivity index (χ1v) is 7.81. The molecule has 0 saturated carbocycles. The lowest BCUT2D eigenvalue weighted by Crippen LogP contribution is -2.39. The van der Waals surface area contributed by atoms with Gasteiger partial charge in [-0.05, 0) is 59.7 Å². The second-order valence-corrected chi connectivity index (χ2v) is 6.36. The van der Waals surface area contributed by atoms with Gasteiger partial charge in [0.15, 0.2) is 0 Å². The number of hydrogen-bond donors (Lipinski definition) is 1. The van der Waals surface area contributed by atoms with Crippen LogP contribution >= 0.6 is 22.6 Å². The molecule has 2 heterocycles. The Morgan fingerprint density at radius 3 is 2.67 bits per heavy atom. The van der Waals surface area contributed by atoms with Crippen LogP contribution in [0.15, 0.2) is 24.3 Å². The van der Waals surface area contributed by atoms with E-state index in [0.717, 1.165) is 14.9 Å². The molecule has 3 rings (SSSR count). The first-order valence-electron chi connectivity index (χ1n) is 6.73. The zero-order chi connectivity index (χ0) is 15.0. The average molecular weight is 399 g/mol. The number of nitrogens with one attached hydrogen (secondary N) is 1. The van der Waals surface area contributed by atoms with Gasteiger partial charge < -0.3 is 10.2 Å². The number of carbonyl (C=O) groups is 3. The van der Waals surface area contributed by atoms with Gasteiger partial charge in [-0.3, -0.25) is 14.5 Å². The number of carbonyl (C=O) groups excluding carboxylic acids is 3. The third-order valence-electron chi connectivity index (χ3n) is 3.71. The van der Waals surface area contributed by atoms with E-state index in [1.807, 2.05) is 12.1 Å². The fraction of sp³-hybridized carbons (Fsp3) is 0.357. The highest BCUT2D eigenvalue weighted by molar-refractivity contribution is 14.1. The molecule has 0 bridgehead atoms. The minimum atomic E-state index is -0.362. The molecule has 1 atom stereocenters. The Kier molecular flexibility index (Phi) is 3.83. The summed E-state index contributed by atoms with van der Waals surface area (Å²) in [4.78, 5) is 38.8. The molecule has 6 nitrogen and oxygen atoms in total. The number of benzene rings is 1. The molecule has 7 heteroatoms. The van der Waals surface area contributed by atoms with Crippen LogP contribution in [0.1, 0.15) is 12.8 Å². The minimum absolute atomic E-state index is 0.226. The molecule has 0 spiro atoms. The molecular weight excluding hydrogens is 385 g/mol. The number of urea groups is 1. The van der Waals surface area contributed by atoms with Gasteiger partial charge >= 0.3 is 6.03 Å². The lowest BCUT2D eigenvalue weighted by atomic mass is 10.2. The molecule has 0 aromatic heterocycles. The van der Waals surface area contributed by atoms with Crippen molar-refractivity contribution in [3.05, 3.63) is 27.8 Å². The number of nitrogens with zero attached hydrogens (tertiary/aromatic N) is 2. The number of anilines is 1. The van der Waals surface area contributed by atoms with E-state index >= 15 is 0 Å². The Morgan fingerprint density at radius 2 is 2.00 bits per heavy atom. The van der Waals surface area contributed by atoms with E-state index in [0.29, 0.717) is 18.7 Å². The SMILES string of the molecule is O=C(CN1C(=O)C2CCCN2C1=O)Nc1ccc(I)cc1. The summed E-state index contributed by atoms with van der Waals surface area (Å²) >= 11 is 2.17. The number of imide groups is 1. The van der Waals surface area contributed by atoms with Crippen LogP contribution in [0.3, 0.4) is 0 Å². The summed E-state index contributed by atoms with van der Waals surface area (Å²) in [6.45, 7) is 0.376. The molecule has 4 amide bonds. The van der Waals surface area contributed by atoms with E-state index in [1.54, 1.807) is 17.0 Å². The third-order valence-corrected chi connectivity index (χ3v) is 4.43. The Labute approximate surface area is 135 Å². The summed E-state index contributed by atoms with van der Waals surface area (Å²) in [6, 6.07) is 6.61. The molecule has 1 N–H and O–H groups in total. The van der Waals surface area contributed by atoms with E-state index in [-0.39, 0.29) is 30.4 Å². The van der Waals surface area contributed by atoms with Crippen LogP contribution in [-0.2, 0) is 9.59 Å². The summed E-state index contributed by atoms with van der Waals surface area (Å²) in [6.07, 6.45) is 1.55. The molecule has 1 aromatic rings. The largest absolute Gasteiger partial charge is 0.327 e. The van der Waals surface area contributed by atoms with Gasteiger partial charge in [0.1, 0.15) is 12.6 Å². The van der Waals surface area contributed by atoms with Crippen molar-refractivity contribution < 1.29 is 14.4 Å². The summed E-state index contributed by atoms with van der Waals surface area (Å²) < 4.78 is 1.07. The van der Waals surface area contributed by atoms with Gasteiger partial charge in [0.25, 0.3) is 5.91 Å². The van der Waals surface area contributed by atoms with E-state index in [9.17, 15) is 14.4 Å². The predicted octanol–water partition coefficient (Wildman–Crippen LogP) is 1.66. The van der Waals surface area contributed by atoms with E-state index in [2.05, 4.69) is 27.9 Å². The van der Waals surface area contributed by atoms with Crippen LogP contribution in [0.4, 0.5) is 10.5 Å². The van der Waals surface area contributed by atoms with Crippen LogP contribution < -0.4 is 5.32 Å². The molecule has 2 aliphatic heterocycles. The van der Waals surface area contributed by atoms with Gasteiger partial charge in [0.2, 0.25) is 5.91 Å². The number of halogens is 1. The first kappa shape index (κ1) is 14.3. The topological polar surface area (TPSA) is 69.7 Å². The van der Waals surface area contributed by atoms with E-state index < -0.39 is 0 Å². The second kappa shape index (κ2) is 5.63. The van der Waals surface area contributed by atoms with Gasteiger partial charge in [-0.2, -0.15) is 0 Å². The Morgan fingerprint density at radius 1 is 1.29 bits per heavy atom. The summed E-state index contributed by atoms with van der Waals surface area (Å²) in [5.41, 5.74) is 0.653. The van der Waals surface area contributed by atoms with E-state index in [4.69, 9.17) is 0 Å². The molecule has 2 aliphatic rings. The Balaban J connectivity index is 1.64. The molecule has 2 saturated heterocycles. The number of amides is 4. The second-order valence-electron chi connectivity index (χ2n) is 5.11. The predicted molar refractivity (Wildman–Crippen MR) is 84.6 cm³/mol. The normalized spacial score (nSPS) is 20.9. The van der Waals surface area contributed by atoms with Crippen molar-refractivity contribution in [2.24, 2.45) is 0 Å². The van der Waals surface area contributed by atoms with Gasteiger partial charge in [-0.15, -0.1) is 0 Å². The maximum Gasteiger partial charge on any atom is 0.327 e. The maximum atomic E-state index is 12.1. The van der Waals surface area contributed by atoms with Crippen molar-refractivity contribution in [1.82, 2.24) is 9.80 Å². The molecular formula is C14H14IN3O3. The number of fused-ring (bicyclic) bond motifs is 1. The summed E-state index contributed by atoms with van der Waals surface area (Å²) in [7, 11) is 0. The lowest BCUT2D eigenvalue weighted by molar-refractivity contribution is -0.131. The zero-order valence-corrected chi connectivity index (χ0v) is 13.4. The number of rotatable bonds is 3. The zero-order valence-electron chi connectivity index (χ0n) is 11.2. The highest BCUT2D eigenvalue weighted by Gasteiger charge is 2.47. The summed E-state index contributed by atoms with van der Waals surface area (Å²) in [5, 5.41) is 2.70. The van der Waals surface area contributed by atoms with Crippen molar-refractivity contribution in [3.8, 4) is 0 Å². The van der Waals surface area contributed by atoms with Gasteiger partial charge in [-0.25, -0.2) is 4.79 Å². The van der Waals surface area contributed by atoms with Crippen molar-refractivity contribution in [2.45, 2.75) is 18.9 Å². The van der Waals surface area contributed by atoms with Crippen LogP contribution in [-0.4, -0.2) is 46.8 Å². The molecule has 0 radical (unpaired) electrons. The standard InChI is InChI=1S/C14H14IN3O3/c15-9-3-5-10(6-4-9)16-12(19)8-18-13(20)11-2-1-7-17(11)14(18)21/h3-6,11H,1-2,7-8H2,(H,16,19). The minimum Gasteiger partial charge on any atom is -0.325 e. The fourth-order valence-electron chi connectivity index (χ4n) is 2.70. The van der Waals surface area contributed by atoms with Gasteiger partial charge in [-0.1, -0.05) is 0 Å².